The summed E-state index contributed by atoms with van der Waals surface area (Å²) >= 11 is 1.47. The Morgan fingerprint density at radius 2 is 1.87 bits per heavy atom. The van der Waals surface area contributed by atoms with Crippen LogP contribution in [0.4, 0.5) is 0 Å². The zero-order valence-electron chi connectivity index (χ0n) is 17.2. The zero-order valence-corrected chi connectivity index (χ0v) is 18.1. The summed E-state index contributed by atoms with van der Waals surface area (Å²) in [4.78, 5) is 17.6. The first kappa shape index (κ1) is 19.8. The van der Waals surface area contributed by atoms with Crippen molar-refractivity contribution in [3.05, 3.63) is 94.0 Å². The number of methoxy groups -OCH3 is 1. The maximum atomic E-state index is 13.1. The van der Waals surface area contributed by atoms with Crippen molar-refractivity contribution in [1.29, 1.82) is 0 Å². The highest BCUT2D eigenvalue weighted by Gasteiger charge is 2.25. The first-order valence-corrected chi connectivity index (χ1v) is 11.2. The van der Waals surface area contributed by atoms with Crippen LogP contribution in [0.5, 0.6) is 5.75 Å². The molecular weight excluding hydrogens is 406 g/mol. The van der Waals surface area contributed by atoms with Crippen LogP contribution in [0.15, 0.2) is 76.6 Å². The lowest BCUT2D eigenvalue weighted by atomic mass is 10.0. The highest BCUT2D eigenvalue weighted by molar-refractivity contribution is 7.99. The average Bonchev–Trinajstić information content (AvgIpc) is 3.28. The van der Waals surface area contributed by atoms with Gasteiger partial charge < -0.3 is 10.5 Å². The van der Waals surface area contributed by atoms with E-state index in [2.05, 4.69) is 29.2 Å². The summed E-state index contributed by atoms with van der Waals surface area (Å²) < 4.78 is 7.06. The van der Waals surface area contributed by atoms with Crippen molar-refractivity contribution in [2.75, 3.05) is 7.11 Å². The number of benzene rings is 3. The molecule has 0 aliphatic heterocycles. The number of ether oxygens (including phenoxy) is 1. The molecule has 1 heterocycles. The van der Waals surface area contributed by atoms with Gasteiger partial charge in [0.05, 0.1) is 18.2 Å². The van der Waals surface area contributed by atoms with Crippen molar-refractivity contribution < 1.29 is 4.74 Å². The number of hydrogen-bond acceptors (Lipinski definition) is 5. The van der Waals surface area contributed by atoms with Crippen molar-refractivity contribution in [2.24, 2.45) is 5.73 Å². The van der Waals surface area contributed by atoms with Gasteiger partial charge in [-0.15, -0.1) is 0 Å². The number of nitrogens with zero attached hydrogens (tertiary/aromatic N) is 2. The molecular formula is C25H23N3O2S. The van der Waals surface area contributed by atoms with Crippen LogP contribution in [-0.2, 0) is 12.8 Å². The van der Waals surface area contributed by atoms with Crippen LogP contribution >= 0.6 is 11.8 Å². The Kier molecular flexibility index (Phi) is 5.26. The Morgan fingerprint density at radius 3 is 2.74 bits per heavy atom. The van der Waals surface area contributed by atoms with Gasteiger partial charge in [0.15, 0.2) is 0 Å². The quantitative estimate of drug-likeness (QED) is 0.284. The van der Waals surface area contributed by atoms with Gasteiger partial charge in [-0.05, 0) is 47.7 Å². The molecule has 6 heteroatoms. The third-order valence-corrected chi connectivity index (χ3v) is 6.85. The van der Waals surface area contributed by atoms with E-state index in [0.29, 0.717) is 5.75 Å². The van der Waals surface area contributed by atoms with Crippen LogP contribution in [0.1, 0.15) is 28.6 Å². The minimum absolute atomic E-state index is 0.276. The van der Waals surface area contributed by atoms with Gasteiger partial charge in [0.2, 0.25) is 0 Å². The second-order valence-corrected chi connectivity index (χ2v) is 8.75. The second-order valence-electron chi connectivity index (χ2n) is 7.62. The summed E-state index contributed by atoms with van der Waals surface area (Å²) in [5, 5.41) is 2.72. The molecule has 1 atom stereocenters. The molecule has 1 aliphatic rings. The van der Waals surface area contributed by atoms with Gasteiger partial charge in [-0.1, -0.05) is 60.3 Å². The molecule has 31 heavy (non-hydrogen) atoms. The molecule has 0 amide bonds. The van der Waals surface area contributed by atoms with E-state index < -0.39 is 0 Å². The summed E-state index contributed by atoms with van der Waals surface area (Å²) in [6.07, 6.45) is 2.75. The maximum Gasteiger partial charge on any atom is 0.353 e. The van der Waals surface area contributed by atoms with E-state index >= 15 is 0 Å². The highest BCUT2D eigenvalue weighted by Crippen LogP contribution is 2.38. The minimum atomic E-state index is -0.310. The van der Waals surface area contributed by atoms with Gasteiger partial charge in [0, 0.05) is 17.3 Å². The largest absolute Gasteiger partial charge is 0.497 e. The Balaban J connectivity index is 1.56. The van der Waals surface area contributed by atoms with Crippen LogP contribution < -0.4 is 16.2 Å². The van der Waals surface area contributed by atoms with Crippen LogP contribution in [0.25, 0.3) is 16.5 Å². The fraction of sp³-hybridized carbons (Fsp3) is 0.200. The van der Waals surface area contributed by atoms with E-state index in [1.54, 1.807) is 11.7 Å². The summed E-state index contributed by atoms with van der Waals surface area (Å²) in [6.45, 7) is 0. The molecule has 3 aromatic carbocycles. The van der Waals surface area contributed by atoms with Crippen LogP contribution in [0.3, 0.4) is 0 Å². The standard InChI is InChI=1S/C25H23N3O2S/c1-30-18-10-5-9-17(15-18)28-22-14-6-13-21(22)24(27-25(28)29)31-23(26)20-12-4-8-16-7-2-3-11-19(16)20/h2-5,7-12,15,23H,6,13-14,26H2,1H3/t23-/m1/s1. The molecule has 5 rings (SSSR count). The molecule has 0 unspecified atom stereocenters. The Hall–Kier alpha value is -3.09. The summed E-state index contributed by atoms with van der Waals surface area (Å²) in [6, 6.07) is 21.9. The molecule has 1 aromatic heterocycles. The van der Waals surface area contributed by atoms with E-state index in [0.717, 1.165) is 57.6 Å². The number of fused-ring (bicyclic) bond motifs is 2. The van der Waals surface area contributed by atoms with E-state index in [1.807, 2.05) is 42.5 Å². The van der Waals surface area contributed by atoms with Crippen molar-refractivity contribution >= 4 is 22.5 Å². The Bertz CT molecular complexity index is 1330. The number of rotatable bonds is 5. The van der Waals surface area contributed by atoms with E-state index in [9.17, 15) is 4.79 Å². The molecule has 4 aromatic rings. The van der Waals surface area contributed by atoms with Gasteiger partial charge in [0.25, 0.3) is 0 Å². The molecule has 0 saturated carbocycles. The van der Waals surface area contributed by atoms with Crippen LogP contribution in [-0.4, -0.2) is 16.7 Å². The average molecular weight is 430 g/mol. The highest BCUT2D eigenvalue weighted by atomic mass is 32.2. The molecule has 0 saturated heterocycles. The molecule has 5 nitrogen and oxygen atoms in total. The van der Waals surface area contributed by atoms with Crippen molar-refractivity contribution in [1.82, 2.24) is 9.55 Å². The number of hydrogen-bond donors (Lipinski definition) is 1. The normalized spacial score (nSPS) is 13.9. The fourth-order valence-corrected chi connectivity index (χ4v) is 5.39. The number of thioether (sulfide) groups is 1. The van der Waals surface area contributed by atoms with Gasteiger partial charge in [0.1, 0.15) is 10.8 Å². The maximum absolute atomic E-state index is 13.1. The summed E-state index contributed by atoms with van der Waals surface area (Å²) in [5.74, 6) is 0.715. The Morgan fingerprint density at radius 1 is 1.06 bits per heavy atom. The lowest BCUT2D eigenvalue weighted by Gasteiger charge is -2.18. The third-order valence-electron chi connectivity index (χ3n) is 5.79. The number of aromatic nitrogens is 2. The van der Waals surface area contributed by atoms with Crippen molar-refractivity contribution in [3.8, 4) is 11.4 Å². The first-order valence-electron chi connectivity index (χ1n) is 10.3. The molecule has 1 aliphatic carbocycles. The third kappa shape index (κ3) is 3.62. The zero-order chi connectivity index (χ0) is 21.4. The molecule has 156 valence electrons. The van der Waals surface area contributed by atoms with Gasteiger partial charge in [-0.25, -0.2) is 4.79 Å². The SMILES string of the molecule is COc1cccc(-n2c3c(c(S[C@@H](N)c4cccc5ccccc45)nc2=O)CCC3)c1. The van der Waals surface area contributed by atoms with Gasteiger partial charge >= 0.3 is 5.69 Å². The smallest absolute Gasteiger partial charge is 0.353 e. The monoisotopic (exact) mass is 429 g/mol. The second kappa shape index (κ2) is 8.21. The predicted molar refractivity (Wildman–Crippen MR) is 125 cm³/mol. The van der Waals surface area contributed by atoms with Gasteiger partial charge in [-0.3, -0.25) is 4.57 Å². The van der Waals surface area contributed by atoms with Crippen LogP contribution in [0.2, 0.25) is 0 Å². The van der Waals surface area contributed by atoms with Gasteiger partial charge in [-0.2, -0.15) is 4.98 Å². The summed E-state index contributed by atoms with van der Waals surface area (Å²) in [7, 11) is 1.62. The molecule has 0 bridgehead atoms. The van der Waals surface area contributed by atoms with E-state index in [-0.39, 0.29) is 11.1 Å². The van der Waals surface area contributed by atoms with E-state index in [4.69, 9.17) is 10.5 Å². The van der Waals surface area contributed by atoms with Crippen molar-refractivity contribution in [2.45, 2.75) is 29.7 Å². The molecule has 2 N–H and O–H groups in total. The number of nitrogens with two attached hydrogens (primary N) is 1. The Labute approximate surface area is 184 Å². The molecule has 0 fully saturated rings. The fourth-order valence-electron chi connectivity index (χ4n) is 4.32. The van der Waals surface area contributed by atoms with Crippen molar-refractivity contribution in [3.63, 3.8) is 0 Å². The minimum Gasteiger partial charge on any atom is -0.497 e. The van der Waals surface area contributed by atoms with Crippen LogP contribution in [0, 0.1) is 0 Å². The summed E-state index contributed by atoms with van der Waals surface area (Å²) in [5.41, 5.74) is 10.3. The topological polar surface area (TPSA) is 70.1 Å². The lowest BCUT2D eigenvalue weighted by molar-refractivity contribution is 0.414. The molecule has 0 radical (unpaired) electrons. The first-order chi connectivity index (χ1) is 15.2. The van der Waals surface area contributed by atoms with E-state index in [1.165, 1.54) is 11.8 Å². The molecule has 0 spiro atoms. The lowest BCUT2D eigenvalue weighted by Crippen LogP contribution is -2.26. The predicted octanol–water partition coefficient (Wildman–Crippen LogP) is 4.63.